The van der Waals surface area contributed by atoms with E-state index in [9.17, 15) is 8.42 Å². The molecule has 1 unspecified atom stereocenters. The lowest BCUT2D eigenvalue weighted by Crippen LogP contribution is -2.26. The van der Waals surface area contributed by atoms with E-state index in [0.717, 1.165) is 16.9 Å². The van der Waals surface area contributed by atoms with Gasteiger partial charge in [0.15, 0.2) is 0 Å². The van der Waals surface area contributed by atoms with Crippen molar-refractivity contribution in [3.63, 3.8) is 0 Å². The molecule has 7 heteroatoms. The number of halogens is 2. The fourth-order valence-electron chi connectivity index (χ4n) is 1.86. The summed E-state index contributed by atoms with van der Waals surface area (Å²) in [6.07, 6.45) is 0.722. The maximum absolute atomic E-state index is 12.3. The third-order valence-electron chi connectivity index (χ3n) is 2.97. The van der Waals surface area contributed by atoms with Crippen molar-refractivity contribution in [2.45, 2.75) is 24.3 Å². The molecule has 0 radical (unpaired) electrons. The van der Waals surface area contributed by atoms with E-state index in [4.69, 9.17) is 23.2 Å². The number of hydrogen-bond donors (Lipinski definition) is 1. The average molecular weight is 364 g/mol. The lowest BCUT2D eigenvalue weighted by Gasteiger charge is -2.13. The Labute approximate surface area is 139 Å². The number of rotatable bonds is 6. The number of nitrogens with one attached hydrogen (secondary N) is 1. The lowest BCUT2D eigenvalue weighted by atomic mass is 10.2. The number of alkyl halides is 1. The molecule has 0 fully saturated rings. The molecule has 0 aliphatic carbocycles. The first kappa shape index (κ1) is 16.8. The van der Waals surface area contributed by atoms with E-state index in [1.807, 2.05) is 6.07 Å². The summed E-state index contributed by atoms with van der Waals surface area (Å²) in [6, 6.07) is 10.0. The van der Waals surface area contributed by atoms with Crippen molar-refractivity contribution in [3.8, 4) is 0 Å². The molecular formula is C14H15Cl2NO2S2. The van der Waals surface area contributed by atoms with Crippen LogP contribution >= 0.6 is 34.5 Å². The molecule has 3 nitrogen and oxygen atoms in total. The zero-order valence-electron chi connectivity index (χ0n) is 11.3. The summed E-state index contributed by atoms with van der Waals surface area (Å²) in [5, 5.41) is 0. The molecule has 0 saturated carbocycles. The van der Waals surface area contributed by atoms with Crippen molar-refractivity contribution in [1.82, 2.24) is 4.72 Å². The van der Waals surface area contributed by atoms with Crippen LogP contribution in [-0.4, -0.2) is 14.3 Å². The quantitative estimate of drug-likeness (QED) is 0.780. The Hall–Kier alpha value is -0.590. The summed E-state index contributed by atoms with van der Waals surface area (Å²) in [7, 11) is -3.55. The summed E-state index contributed by atoms with van der Waals surface area (Å²) in [4.78, 5) is 1.12. The van der Waals surface area contributed by atoms with E-state index in [2.05, 4.69) is 4.72 Å². The number of thiophene rings is 1. The highest BCUT2D eigenvalue weighted by Crippen LogP contribution is 2.27. The first-order chi connectivity index (χ1) is 9.92. The molecule has 0 aliphatic rings. The molecule has 1 atom stereocenters. The van der Waals surface area contributed by atoms with Crippen molar-refractivity contribution >= 4 is 44.6 Å². The van der Waals surface area contributed by atoms with Gasteiger partial charge in [-0.1, -0.05) is 23.7 Å². The summed E-state index contributed by atoms with van der Waals surface area (Å²) in [5.41, 5.74) is 1.02. The monoisotopic (exact) mass is 363 g/mol. The zero-order chi connectivity index (χ0) is 15.5. The highest BCUT2D eigenvalue weighted by atomic mass is 35.5. The molecule has 0 aliphatic heterocycles. The van der Waals surface area contributed by atoms with Crippen LogP contribution < -0.4 is 4.72 Å². The van der Waals surface area contributed by atoms with Crippen molar-refractivity contribution < 1.29 is 8.42 Å². The van der Waals surface area contributed by atoms with Gasteiger partial charge in [-0.25, -0.2) is 13.1 Å². The van der Waals surface area contributed by atoms with E-state index in [-0.39, 0.29) is 10.9 Å². The van der Waals surface area contributed by atoms with Crippen LogP contribution in [0.15, 0.2) is 41.3 Å². The van der Waals surface area contributed by atoms with Crippen LogP contribution in [0, 0.1) is 0 Å². The summed E-state index contributed by atoms with van der Waals surface area (Å²) in [6.45, 7) is 1.79. The predicted molar refractivity (Wildman–Crippen MR) is 88.9 cm³/mol. The molecule has 2 aromatic rings. The highest BCUT2D eigenvalue weighted by molar-refractivity contribution is 7.89. The standard InChI is InChI=1S/C14H15Cl2NO2S2/c1-10(13-6-7-14(16)20-13)17-21(18,19)12-4-2-11(3-5-12)8-9-15/h2-7,10,17H,8-9H2,1H3. The Bertz CT molecular complexity index is 696. The van der Waals surface area contributed by atoms with Crippen LogP contribution in [0.3, 0.4) is 0 Å². The minimum Gasteiger partial charge on any atom is -0.207 e. The summed E-state index contributed by atoms with van der Waals surface area (Å²) >= 11 is 12.9. The summed E-state index contributed by atoms with van der Waals surface area (Å²) in [5.74, 6) is 0.514. The molecule has 1 aromatic carbocycles. The van der Waals surface area contributed by atoms with E-state index in [0.29, 0.717) is 10.2 Å². The molecule has 1 heterocycles. The second kappa shape index (κ2) is 7.11. The van der Waals surface area contributed by atoms with Crippen molar-refractivity contribution in [3.05, 3.63) is 51.2 Å². The van der Waals surface area contributed by atoms with Gasteiger partial charge < -0.3 is 0 Å². The minimum atomic E-state index is -3.55. The number of sulfonamides is 1. The van der Waals surface area contributed by atoms with E-state index >= 15 is 0 Å². The molecule has 21 heavy (non-hydrogen) atoms. The van der Waals surface area contributed by atoms with Gasteiger partial charge in [0.25, 0.3) is 0 Å². The topological polar surface area (TPSA) is 46.2 Å². The molecule has 0 bridgehead atoms. The fourth-order valence-corrected chi connectivity index (χ4v) is 4.44. The Kier molecular flexibility index (Phi) is 5.68. The van der Waals surface area contributed by atoms with Gasteiger partial charge in [0.1, 0.15) is 0 Å². The molecule has 0 saturated heterocycles. The van der Waals surface area contributed by atoms with Crippen molar-refractivity contribution in [2.24, 2.45) is 0 Å². The first-order valence-corrected chi connectivity index (χ1v) is 9.56. The summed E-state index contributed by atoms with van der Waals surface area (Å²) < 4.78 is 27.9. The third-order valence-corrected chi connectivity index (χ3v) is 6.13. The first-order valence-electron chi connectivity index (χ1n) is 6.35. The van der Waals surface area contributed by atoms with Crippen LogP contribution in [0.2, 0.25) is 4.34 Å². The van der Waals surface area contributed by atoms with Crippen molar-refractivity contribution in [2.75, 3.05) is 5.88 Å². The second-order valence-electron chi connectivity index (χ2n) is 4.57. The van der Waals surface area contributed by atoms with E-state index in [1.54, 1.807) is 37.3 Å². The Morgan fingerprint density at radius 2 is 1.86 bits per heavy atom. The van der Waals surface area contributed by atoms with Gasteiger partial charge in [-0.15, -0.1) is 22.9 Å². The van der Waals surface area contributed by atoms with Gasteiger partial charge in [0, 0.05) is 10.8 Å². The lowest BCUT2D eigenvalue weighted by molar-refractivity contribution is 0.568. The highest BCUT2D eigenvalue weighted by Gasteiger charge is 2.19. The molecule has 1 aromatic heterocycles. The van der Waals surface area contributed by atoms with Gasteiger partial charge in [0.05, 0.1) is 15.3 Å². The number of hydrogen-bond acceptors (Lipinski definition) is 3. The molecule has 1 N–H and O–H groups in total. The molecule has 2 rings (SSSR count). The largest absolute Gasteiger partial charge is 0.241 e. The molecular weight excluding hydrogens is 349 g/mol. The zero-order valence-corrected chi connectivity index (χ0v) is 14.5. The van der Waals surface area contributed by atoms with Crippen molar-refractivity contribution in [1.29, 1.82) is 0 Å². The molecule has 0 spiro atoms. The van der Waals surface area contributed by atoms with E-state index < -0.39 is 10.0 Å². The molecule has 0 amide bonds. The predicted octanol–water partition coefficient (Wildman–Crippen LogP) is 4.22. The Morgan fingerprint density at radius 1 is 1.19 bits per heavy atom. The van der Waals surface area contributed by atoms with Gasteiger partial charge in [-0.05, 0) is 43.2 Å². The van der Waals surface area contributed by atoms with Crippen LogP contribution in [0.5, 0.6) is 0 Å². The van der Waals surface area contributed by atoms with Gasteiger partial charge in [-0.2, -0.15) is 0 Å². The fraction of sp³-hybridized carbons (Fsp3) is 0.286. The van der Waals surface area contributed by atoms with E-state index in [1.165, 1.54) is 11.3 Å². The Morgan fingerprint density at radius 3 is 2.38 bits per heavy atom. The van der Waals surface area contributed by atoms with Crippen LogP contribution in [0.4, 0.5) is 0 Å². The maximum atomic E-state index is 12.3. The van der Waals surface area contributed by atoms with Gasteiger partial charge in [-0.3, -0.25) is 0 Å². The SMILES string of the molecule is CC(NS(=O)(=O)c1ccc(CCCl)cc1)c1ccc(Cl)s1. The third kappa shape index (κ3) is 4.44. The van der Waals surface area contributed by atoms with Crippen LogP contribution in [0.1, 0.15) is 23.4 Å². The smallest absolute Gasteiger partial charge is 0.207 e. The normalized spacial score (nSPS) is 13.3. The maximum Gasteiger partial charge on any atom is 0.241 e. The Balaban J connectivity index is 2.14. The van der Waals surface area contributed by atoms with Crippen LogP contribution in [-0.2, 0) is 16.4 Å². The molecule has 114 valence electrons. The minimum absolute atomic E-state index is 0.246. The van der Waals surface area contributed by atoms with Crippen LogP contribution in [0.25, 0.3) is 0 Å². The second-order valence-corrected chi connectivity index (χ2v) is 8.41. The number of benzene rings is 1. The number of aryl methyl sites for hydroxylation is 1. The average Bonchev–Trinajstić information content (AvgIpc) is 2.86. The van der Waals surface area contributed by atoms with Gasteiger partial charge >= 0.3 is 0 Å². The van der Waals surface area contributed by atoms with Gasteiger partial charge in [0.2, 0.25) is 10.0 Å².